The summed E-state index contributed by atoms with van der Waals surface area (Å²) < 4.78 is 0. The Morgan fingerprint density at radius 1 is 1.07 bits per heavy atom. The molecule has 0 saturated carbocycles. The highest BCUT2D eigenvalue weighted by Crippen LogP contribution is 2.49. The molecule has 4 atom stereocenters. The zero-order valence-corrected chi connectivity index (χ0v) is 17.0. The summed E-state index contributed by atoms with van der Waals surface area (Å²) in [6.07, 6.45) is 5.73. The van der Waals surface area contributed by atoms with Gasteiger partial charge in [-0.15, -0.1) is 0 Å². The number of benzene rings is 1. The van der Waals surface area contributed by atoms with Gasteiger partial charge in [0, 0.05) is 17.6 Å². The highest BCUT2D eigenvalue weighted by molar-refractivity contribution is 6.11. The van der Waals surface area contributed by atoms with E-state index in [1.54, 1.807) is 0 Å². The highest BCUT2D eigenvalue weighted by atomic mass is 16.2. The predicted molar refractivity (Wildman–Crippen MR) is 109 cm³/mol. The molecule has 1 aromatic carbocycles. The lowest BCUT2D eigenvalue weighted by Gasteiger charge is -2.38. The molecule has 5 nitrogen and oxygen atoms in total. The third-order valence-electron chi connectivity index (χ3n) is 6.25. The van der Waals surface area contributed by atoms with E-state index in [0.29, 0.717) is 6.54 Å². The van der Waals surface area contributed by atoms with Crippen LogP contribution in [0.4, 0.5) is 5.69 Å². The van der Waals surface area contributed by atoms with Gasteiger partial charge in [-0.25, -0.2) is 0 Å². The van der Waals surface area contributed by atoms with Crippen LogP contribution in [0.2, 0.25) is 0 Å². The molecule has 0 radical (unpaired) electrons. The van der Waals surface area contributed by atoms with Gasteiger partial charge >= 0.3 is 0 Å². The standard InChI is InChI=1S/C23H28N2O3/c1-5-6-13-24-21(27)17-16-12-11-14-9-7-8-10-15(14)25(16)19(18(17)22(24)28)20(26)23(2,3)4/h7-12,16-19H,5-6,13H2,1-4H3/t16-,17-,18-,19-/m1/s1. The number of rotatable bonds is 4. The minimum Gasteiger partial charge on any atom is -0.353 e. The first-order valence-electron chi connectivity index (χ1n) is 10.2. The van der Waals surface area contributed by atoms with Crippen LogP contribution in [0.15, 0.2) is 30.3 Å². The van der Waals surface area contributed by atoms with Gasteiger partial charge in [0.15, 0.2) is 5.78 Å². The Hall–Kier alpha value is -2.43. The van der Waals surface area contributed by atoms with Crippen LogP contribution in [0.25, 0.3) is 6.08 Å². The van der Waals surface area contributed by atoms with E-state index < -0.39 is 23.3 Å². The Morgan fingerprint density at radius 2 is 1.75 bits per heavy atom. The van der Waals surface area contributed by atoms with E-state index in [9.17, 15) is 14.4 Å². The number of Topliss-reactive ketones (excluding diaryl/α,β-unsaturated/α-hetero) is 1. The average molecular weight is 380 g/mol. The fourth-order valence-corrected chi connectivity index (χ4v) is 4.86. The third kappa shape index (κ3) is 2.63. The fraction of sp³-hybridized carbons (Fsp3) is 0.522. The van der Waals surface area contributed by atoms with E-state index >= 15 is 0 Å². The van der Waals surface area contributed by atoms with Gasteiger partial charge < -0.3 is 4.90 Å². The molecule has 0 aromatic heterocycles. The fourth-order valence-electron chi connectivity index (χ4n) is 4.86. The van der Waals surface area contributed by atoms with Crippen LogP contribution >= 0.6 is 0 Å². The Labute approximate surface area is 166 Å². The first-order chi connectivity index (χ1) is 13.3. The number of carbonyl (C=O) groups is 3. The zero-order valence-electron chi connectivity index (χ0n) is 17.0. The lowest BCUT2D eigenvalue weighted by molar-refractivity contribution is -0.142. The van der Waals surface area contributed by atoms with Crippen molar-refractivity contribution in [1.82, 2.24) is 4.90 Å². The van der Waals surface area contributed by atoms with Crippen LogP contribution in [0.3, 0.4) is 0 Å². The second-order valence-electron chi connectivity index (χ2n) is 9.11. The number of ketones is 1. The number of anilines is 1. The van der Waals surface area contributed by atoms with E-state index in [0.717, 1.165) is 24.1 Å². The Kier molecular flexibility index (Phi) is 4.44. The van der Waals surface area contributed by atoms with Gasteiger partial charge in [0.25, 0.3) is 0 Å². The summed E-state index contributed by atoms with van der Waals surface area (Å²) in [6.45, 7) is 8.16. The molecule has 0 aliphatic carbocycles. The van der Waals surface area contributed by atoms with Crippen LogP contribution in [0, 0.1) is 17.3 Å². The van der Waals surface area contributed by atoms with Gasteiger partial charge in [0.1, 0.15) is 6.04 Å². The topological polar surface area (TPSA) is 57.7 Å². The first-order valence-corrected chi connectivity index (χ1v) is 10.2. The normalized spacial score (nSPS) is 28.4. The van der Waals surface area contributed by atoms with E-state index in [4.69, 9.17) is 0 Å². The number of amides is 2. The summed E-state index contributed by atoms with van der Waals surface area (Å²) in [5, 5.41) is 0. The van der Waals surface area contributed by atoms with Gasteiger partial charge in [0.05, 0.1) is 17.9 Å². The third-order valence-corrected chi connectivity index (χ3v) is 6.25. The van der Waals surface area contributed by atoms with Crippen molar-refractivity contribution in [2.45, 2.75) is 52.6 Å². The van der Waals surface area contributed by atoms with Crippen molar-refractivity contribution < 1.29 is 14.4 Å². The molecular weight excluding hydrogens is 352 g/mol. The van der Waals surface area contributed by atoms with Crippen molar-refractivity contribution in [2.24, 2.45) is 17.3 Å². The number of nitrogens with zero attached hydrogens (tertiary/aromatic N) is 2. The summed E-state index contributed by atoms with van der Waals surface area (Å²) in [6, 6.07) is 7.04. The lowest BCUT2D eigenvalue weighted by Crippen LogP contribution is -2.51. The molecule has 2 saturated heterocycles. The monoisotopic (exact) mass is 380 g/mol. The molecule has 0 spiro atoms. The molecule has 3 heterocycles. The summed E-state index contributed by atoms with van der Waals surface area (Å²) in [4.78, 5) is 43.5. The van der Waals surface area contributed by atoms with Gasteiger partial charge in [0.2, 0.25) is 11.8 Å². The smallest absolute Gasteiger partial charge is 0.235 e. The minimum atomic E-state index is -0.607. The average Bonchev–Trinajstić information content (AvgIpc) is 3.12. The van der Waals surface area contributed by atoms with E-state index in [1.165, 1.54) is 4.90 Å². The molecule has 3 aliphatic rings. The molecule has 4 rings (SSSR count). The Morgan fingerprint density at radius 3 is 2.43 bits per heavy atom. The number of hydrogen-bond acceptors (Lipinski definition) is 4. The summed E-state index contributed by atoms with van der Waals surface area (Å²) in [5.41, 5.74) is 1.36. The largest absolute Gasteiger partial charge is 0.353 e. The number of likely N-dealkylation sites (tertiary alicyclic amines) is 1. The van der Waals surface area contributed by atoms with Gasteiger partial charge in [-0.3, -0.25) is 19.3 Å². The molecule has 0 unspecified atom stereocenters. The van der Waals surface area contributed by atoms with Crippen LogP contribution < -0.4 is 4.90 Å². The molecule has 28 heavy (non-hydrogen) atoms. The first kappa shape index (κ1) is 18.9. The highest BCUT2D eigenvalue weighted by Gasteiger charge is 2.64. The molecular formula is C23H28N2O3. The van der Waals surface area contributed by atoms with Crippen molar-refractivity contribution in [2.75, 3.05) is 11.4 Å². The molecule has 3 aliphatic heterocycles. The molecule has 2 fully saturated rings. The maximum absolute atomic E-state index is 13.5. The van der Waals surface area contributed by atoms with E-state index in [-0.39, 0.29) is 23.6 Å². The molecule has 148 valence electrons. The second kappa shape index (κ2) is 6.57. The molecule has 5 heteroatoms. The van der Waals surface area contributed by atoms with Crippen molar-refractivity contribution in [3.05, 3.63) is 35.9 Å². The number of carbonyl (C=O) groups excluding carboxylic acids is 3. The minimum absolute atomic E-state index is 0.0218. The van der Waals surface area contributed by atoms with Gasteiger partial charge in [-0.2, -0.15) is 0 Å². The number of hydrogen-bond donors (Lipinski definition) is 0. The van der Waals surface area contributed by atoms with Crippen molar-refractivity contribution in [1.29, 1.82) is 0 Å². The quantitative estimate of drug-likeness (QED) is 0.752. The predicted octanol–water partition coefficient (Wildman–Crippen LogP) is 3.29. The van der Waals surface area contributed by atoms with Crippen molar-refractivity contribution in [3.63, 3.8) is 0 Å². The van der Waals surface area contributed by atoms with Crippen LogP contribution in [-0.4, -0.2) is 41.1 Å². The molecule has 1 aromatic rings. The van der Waals surface area contributed by atoms with Crippen LogP contribution in [0.5, 0.6) is 0 Å². The molecule has 0 bridgehead atoms. The molecule has 2 amide bonds. The number of para-hydroxylation sites is 1. The number of fused-ring (bicyclic) bond motifs is 5. The van der Waals surface area contributed by atoms with Gasteiger partial charge in [-0.1, -0.05) is 64.5 Å². The Balaban J connectivity index is 1.82. The SMILES string of the molecule is CCCCN1C(=O)[C@@H]2[C@H](C1=O)[C@H]1C=Cc3ccccc3N1[C@H]2C(=O)C(C)(C)C. The molecule has 0 N–H and O–H groups in total. The van der Waals surface area contributed by atoms with Crippen molar-refractivity contribution in [3.8, 4) is 0 Å². The number of unbranched alkanes of at least 4 members (excludes halogenated alkanes) is 1. The van der Waals surface area contributed by atoms with E-state index in [1.807, 2.05) is 69.0 Å². The summed E-state index contributed by atoms with van der Waals surface area (Å²) in [5.74, 6) is -1.35. The summed E-state index contributed by atoms with van der Waals surface area (Å²) >= 11 is 0. The maximum Gasteiger partial charge on any atom is 0.235 e. The van der Waals surface area contributed by atoms with Crippen LogP contribution in [0.1, 0.15) is 46.1 Å². The van der Waals surface area contributed by atoms with Crippen molar-refractivity contribution >= 4 is 29.4 Å². The van der Waals surface area contributed by atoms with E-state index in [2.05, 4.69) is 0 Å². The Bertz CT molecular complexity index is 867. The lowest BCUT2D eigenvalue weighted by atomic mass is 9.79. The second-order valence-corrected chi connectivity index (χ2v) is 9.11. The maximum atomic E-state index is 13.5. The van der Waals surface area contributed by atoms with Crippen LogP contribution in [-0.2, 0) is 14.4 Å². The van der Waals surface area contributed by atoms with Gasteiger partial charge in [-0.05, 0) is 18.1 Å². The zero-order chi connectivity index (χ0) is 20.2. The summed E-state index contributed by atoms with van der Waals surface area (Å²) in [7, 11) is 0. The number of imide groups is 1.